The highest BCUT2D eigenvalue weighted by molar-refractivity contribution is 7.91. The van der Waals surface area contributed by atoms with Crippen LogP contribution < -0.4 is 5.32 Å². The maximum absolute atomic E-state index is 12.5. The molecular formula is C13H18N2O3S2. The molecule has 0 radical (unpaired) electrons. The van der Waals surface area contributed by atoms with Crippen molar-refractivity contribution in [1.82, 2.24) is 4.31 Å². The summed E-state index contributed by atoms with van der Waals surface area (Å²) in [7, 11) is -3.38. The number of sulfonamides is 1. The van der Waals surface area contributed by atoms with Crippen molar-refractivity contribution in [3.8, 4) is 0 Å². The number of anilines is 1. The molecule has 0 aromatic carbocycles. The van der Waals surface area contributed by atoms with E-state index in [9.17, 15) is 13.2 Å². The minimum Gasteiger partial charge on any atom is -0.325 e. The Morgan fingerprint density at radius 3 is 2.60 bits per heavy atom. The molecule has 1 N–H and O–H groups in total. The van der Waals surface area contributed by atoms with Crippen molar-refractivity contribution >= 4 is 33.0 Å². The largest absolute Gasteiger partial charge is 0.325 e. The molecular weight excluding hydrogens is 296 g/mol. The summed E-state index contributed by atoms with van der Waals surface area (Å²) < 4.78 is 26.8. The first kappa shape index (κ1) is 14.0. The van der Waals surface area contributed by atoms with E-state index in [0.717, 1.165) is 30.6 Å². The second-order valence-corrected chi connectivity index (χ2v) is 8.83. The zero-order chi connectivity index (χ0) is 14.3. The lowest BCUT2D eigenvalue weighted by molar-refractivity contribution is -0.117. The SMILES string of the molecule is Cc1sc(S(=O)(=O)N2CCCC2)cc1NC(=O)C1CC1. The summed E-state index contributed by atoms with van der Waals surface area (Å²) in [4.78, 5) is 12.6. The molecule has 0 atom stereocenters. The Labute approximate surface area is 123 Å². The first-order valence-electron chi connectivity index (χ1n) is 6.90. The normalized spacial score (nSPS) is 20.2. The van der Waals surface area contributed by atoms with Gasteiger partial charge in [0.2, 0.25) is 5.91 Å². The van der Waals surface area contributed by atoms with Crippen molar-refractivity contribution in [3.05, 3.63) is 10.9 Å². The Hall–Kier alpha value is -0.920. The van der Waals surface area contributed by atoms with Gasteiger partial charge in [0.1, 0.15) is 4.21 Å². The molecule has 0 bridgehead atoms. The monoisotopic (exact) mass is 314 g/mol. The summed E-state index contributed by atoms with van der Waals surface area (Å²) >= 11 is 1.24. The number of carbonyl (C=O) groups excluding carboxylic acids is 1. The van der Waals surface area contributed by atoms with Crippen LogP contribution >= 0.6 is 11.3 Å². The van der Waals surface area contributed by atoms with Crippen LogP contribution in [-0.2, 0) is 14.8 Å². The molecule has 5 nitrogen and oxygen atoms in total. The van der Waals surface area contributed by atoms with Crippen molar-refractivity contribution < 1.29 is 13.2 Å². The highest BCUT2D eigenvalue weighted by Crippen LogP contribution is 2.35. The highest BCUT2D eigenvalue weighted by Gasteiger charge is 2.32. The molecule has 1 saturated carbocycles. The first-order valence-corrected chi connectivity index (χ1v) is 9.15. The van der Waals surface area contributed by atoms with E-state index in [1.54, 1.807) is 6.07 Å². The van der Waals surface area contributed by atoms with Gasteiger partial charge in [-0.15, -0.1) is 11.3 Å². The predicted octanol–water partition coefficient (Wildman–Crippen LogP) is 2.19. The van der Waals surface area contributed by atoms with Gasteiger partial charge in [-0.3, -0.25) is 4.79 Å². The summed E-state index contributed by atoms with van der Waals surface area (Å²) in [6, 6.07) is 1.61. The van der Waals surface area contributed by atoms with E-state index < -0.39 is 10.0 Å². The van der Waals surface area contributed by atoms with Gasteiger partial charge < -0.3 is 5.32 Å². The minimum absolute atomic E-state index is 0.0102. The van der Waals surface area contributed by atoms with Gasteiger partial charge in [-0.25, -0.2) is 8.42 Å². The van der Waals surface area contributed by atoms with Crippen LogP contribution in [-0.4, -0.2) is 31.7 Å². The molecule has 0 spiro atoms. The standard InChI is InChI=1S/C13H18N2O3S2/c1-9-11(14-13(16)10-4-5-10)8-12(19-9)20(17,18)15-6-2-3-7-15/h8,10H,2-7H2,1H3,(H,14,16). The lowest BCUT2D eigenvalue weighted by Gasteiger charge is -2.13. The summed E-state index contributed by atoms with van der Waals surface area (Å²) in [6.45, 7) is 3.04. The number of hydrogen-bond acceptors (Lipinski definition) is 4. The van der Waals surface area contributed by atoms with E-state index in [1.165, 1.54) is 15.6 Å². The number of nitrogens with zero attached hydrogens (tertiary/aromatic N) is 1. The third kappa shape index (κ3) is 2.62. The molecule has 3 rings (SSSR count). The van der Waals surface area contributed by atoms with Crippen LogP contribution in [0.15, 0.2) is 10.3 Å². The van der Waals surface area contributed by atoms with E-state index in [0.29, 0.717) is 23.0 Å². The van der Waals surface area contributed by atoms with Gasteiger partial charge in [-0.2, -0.15) is 4.31 Å². The van der Waals surface area contributed by atoms with Crippen molar-refractivity contribution in [3.63, 3.8) is 0 Å². The summed E-state index contributed by atoms with van der Waals surface area (Å²) in [5.41, 5.74) is 0.643. The Bertz CT molecular complexity index is 626. The molecule has 2 fully saturated rings. The van der Waals surface area contributed by atoms with Gasteiger partial charge in [-0.05, 0) is 38.7 Å². The van der Waals surface area contributed by atoms with Crippen LogP contribution in [0.5, 0.6) is 0 Å². The summed E-state index contributed by atoms with van der Waals surface area (Å²) in [5, 5.41) is 2.84. The molecule has 20 heavy (non-hydrogen) atoms. The fourth-order valence-electron chi connectivity index (χ4n) is 2.34. The van der Waals surface area contributed by atoms with Gasteiger partial charge in [0.25, 0.3) is 10.0 Å². The van der Waals surface area contributed by atoms with Crippen molar-refractivity contribution in [2.75, 3.05) is 18.4 Å². The molecule has 2 heterocycles. The van der Waals surface area contributed by atoms with E-state index >= 15 is 0 Å². The van der Waals surface area contributed by atoms with Gasteiger partial charge in [0, 0.05) is 23.9 Å². The molecule has 7 heteroatoms. The van der Waals surface area contributed by atoms with E-state index in [4.69, 9.17) is 0 Å². The van der Waals surface area contributed by atoms with E-state index in [2.05, 4.69) is 5.32 Å². The molecule has 110 valence electrons. The zero-order valence-corrected chi connectivity index (χ0v) is 13.0. The molecule has 1 aliphatic carbocycles. The minimum atomic E-state index is -3.38. The van der Waals surface area contributed by atoms with Crippen LogP contribution in [0, 0.1) is 12.8 Å². The lowest BCUT2D eigenvalue weighted by atomic mass is 10.3. The molecule has 0 unspecified atom stereocenters. The second kappa shape index (κ2) is 5.13. The average Bonchev–Trinajstić information content (AvgIpc) is 2.96. The molecule has 1 saturated heterocycles. The van der Waals surface area contributed by atoms with Gasteiger partial charge in [0.05, 0.1) is 5.69 Å². The Morgan fingerprint density at radius 2 is 2.00 bits per heavy atom. The third-order valence-electron chi connectivity index (χ3n) is 3.76. The zero-order valence-electron chi connectivity index (χ0n) is 11.4. The Morgan fingerprint density at radius 1 is 1.35 bits per heavy atom. The van der Waals surface area contributed by atoms with Gasteiger partial charge >= 0.3 is 0 Å². The number of thiophene rings is 1. The van der Waals surface area contributed by atoms with Crippen molar-refractivity contribution in [2.45, 2.75) is 36.8 Å². The first-order chi connectivity index (χ1) is 9.48. The quantitative estimate of drug-likeness (QED) is 0.926. The Kier molecular flexibility index (Phi) is 3.60. The Balaban J connectivity index is 1.82. The lowest BCUT2D eigenvalue weighted by Crippen LogP contribution is -2.27. The fourth-order valence-corrected chi connectivity index (χ4v) is 5.41. The molecule has 2 aliphatic rings. The topological polar surface area (TPSA) is 66.5 Å². The number of aryl methyl sites for hydroxylation is 1. The number of hydrogen-bond donors (Lipinski definition) is 1. The number of rotatable bonds is 4. The van der Waals surface area contributed by atoms with E-state index in [1.807, 2.05) is 6.92 Å². The van der Waals surface area contributed by atoms with Crippen LogP contribution in [0.4, 0.5) is 5.69 Å². The maximum Gasteiger partial charge on any atom is 0.252 e. The fraction of sp³-hybridized carbons (Fsp3) is 0.615. The predicted molar refractivity (Wildman–Crippen MR) is 78.4 cm³/mol. The summed E-state index contributed by atoms with van der Waals surface area (Å²) in [6.07, 6.45) is 3.73. The smallest absolute Gasteiger partial charge is 0.252 e. The molecule has 1 aliphatic heterocycles. The average molecular weight is 314 g/mol. The number of nitrogens with one attached hydrogen (secondary N) is 1. The van der Waals surface area contributed by atoms with Crippen LogP contribution in [0.2, 0.25) is 0 Å². The van der Waals surface area contributed by atoms with Crippen LogP contribution in [0.1, 0.15) is 30.6 Å². The van der Waals surface area contributed by atoms with Gasteiger partial charge in [0.15, 0.2) is 0 Å². The second-order valence-electron chi connectivity index (χ2n) is 5.41. The van der Waals surface area contributed by atoms with Gasteiger partial charge in [-0.1, -0.05) is 0 Å². The number of carbonyl (C=O) groups is 1. The molecule has 1 aromatic rings. The third-order valence-corrected chi connectivity index (χ3v) is 7.16. The number of amides is 1. The van der Waals surface area contributed by atoms with Crippen LogP contribution in [0.3, 0.4) is 0 Å². The molecule has 1 amide bonds. The van der Waals surface area contributed by atoms with Crippen molar-refractivity contribution in [1.29, 1.82) is 0 Å². The van der Waals surface area contributed by atoms with Crippen molar-refractivity contribution in [2.24, 2.45) is 5.92 Å². The highest BCUT2D eigenvalue weighted by atomic mass is 32.2. The van der Waals surface area contributed by atoms with E-state index in [-0.39, 0.29) is 11.8 Å². The maximum atomic E-state index is 12.5. The summed E-state index contributed by atoms with van der Waals surface area (Å²) in [5.74, 6) is 0.129. The molecule has 1 aromatic heterocycles. The van der Waals surface area contributed by atoms with Crippen LogP contribution in [0.25, 0.3) is 0 Å².